The van der Waals surface area contributed by atoms with Crippen LogP contribution in [0.3, 0.4) is 0 Å². The molecular weight excluding hydrogens is 452 g/mol. The van der Waals surface area contributed by atoms with Crippen LogP contribution < -0.4 is 15.0 Å². The molecule has 3 aromatic rings. The molecule has 0 atom stereocenters. The van der Waals surface area contributed by atoms with Crippen molar-refractivity contribution in [2.45, 2.75) is 19.8 Å². The number of ketones is 1. The number of rotatable bonds is 11. The first kappa shape index (κ1) is 25.7. The van der Waals surface area contributed by atoms with E-state index in [0.717, 1.165) is 68.2 Å². The van der Waals surface area contributed by atoms with Crippen molar-refractivity contribution in [1.29, 1.82) is 0 Å². The number of carbonyl (C=O) groups excluding carboxylic acids is 1. The van der Waals surface area contributed by atoms with E-state index in [1.807, 2.05) is 24.4 Å². The van der Waals surface area contributed by atoms with Crippen LogP contribution >= 0.6 is 0 Å². The van der Waals surface area contributed by atoms with E-state index in [9.17, 15) is 4.79 Å². The zero-order chi connectivity index (χ0) is 25.3. The average Bonchev–Trinajstić information content (AvgIpc) is 2.93. The highest BCUT2D eigenvalue weighted by Crippen LogP contribution is 2.23. The fraction of sp³-hybridized carbons (Fsp3) is 0.379. The van der Waals surface area contributed by atoms with E-state index in [1.165, 1.54) is 12.8 Å². The number of pyridine rings is 1. The minimum atomic E-state index is -0.0538. The first-order valence-corrected chi connectivity index (χ1v) is 12.6. The van der Waals surface area contributed by atoms with E-state index in [4.69, 9.17) is 9.47 Å². The van der Waals surface area contributed by atoms with Gasteiger partial charge in [-0.2, -0.15) is 0 Å². The zero-order valence-corrected chi connectivity index (χ0v) is 21.5. The van der Waals surface area contributed by atoms with Crippen molar-refractivity contribution in [3.8, 4) is 5.75 Å². The number of anilines is 3. The summed E-state index contributed by atoms with van der Waals surface area (Å²) >= 11 is 0. The Labute approximate surface area is 214 Å². The topological polar surface area (TPSA) is 66.9 Å². The Morgan fingerprint density at radius 1 is 0.944 bits per heavy atom. The fourth-order valence-electron chi connectivity index (χ4n) is 4.46. The highest BCUT2D eigenvalue weighted by atomic mass is 16.5. The molecule has 0 bridgehead atoms. The number of likely N-dealkylation sites (N-methyl/N-ethyl adjacent to an activating group) is 1. The first-order valence-electron chi connectivity index (χ1n) is 12.6. The molecule has 1 saturated heterocycles. The van der Waals surface area contributed by atoms with Gasteiger partial charge < -0.3 is 24.6 Å². The summed E-state index contributed by atoms with van der Waals surface area (Å²) in [5, 5.41) is 3.39. The van der Waals surface area contributed by atoms with Gasteiger partial charge in [0.1, 0.15) is 18.2 Å². The van der Waals surface area contributed by atoms with E-state index in [1.54, 1.807) is 13.2 Å². The molecule has 0 unspecified atom stereocenters. The molecule has 1 N–H and O–H groups in total. The van der Waals surface area contributed by atoms with E-state index in [2.05, 4.69) is 57.4 Å². The quantitative estimate of drug-likeness (QED) is 0.396. The van der Waals surface area contributed by atoms with Crippen LogP contribution in [0.1, 0.15) is 28.4 Å². The molecule has 1 aliphatic heterocycles. The zero-order valence-electron chi connectivity index (χ0n) is 21.5. The lowest BCUT2D eigenvalue weighted by molar-refractivity contribution is 0.0847. The first-order chi connectivity index (χ1) is 17.6. The summed E-state index contributed by atoms with van der Waals surface area (Å²) in [5.74, 6) is 1.44. The number of ether oxygens (including phenoxy) is 2. The summed E-state index contributed by atoms with van der Waals surface area (Å²) in [6, 6.07) is 18.3. The number of benzene rings is 2. The smallest absolute Gasteiger partial charge is 0.188 e. The van der Waals surface area contributed by atoms with Crippen LogP contribution in [0.2, 0.25) is 0 Å². The molecule has 0 spiro atoms. The lowest BCUT2D eigenvalue weighted by Crippen LogP contribution is -2.46. The third-order valence-corrected chi connectivity index (χ3v) is 6.65. The minimum absolute atomic E-state index is 0.0538. The lowest BCUT2D eigenvalue weighted by Gasteiger charge is -2.35. The number of nitrogens with one attached hydrogen (secondary N) is 1. The van der Waals surface area contributed by atoms with Crippen LogP contribution in [0.5, 0.6) is 5.75 Å². The third-order valence-electron chi connectivity index (χ3n) is 6.65. The maximum atomic E-state index is 12.2. The molecule has 0 aliphatic carbocycles. The molecule has 1 aromatic heterocycles. The van der Waals surface area contributed by atoms with Crippen molar-refractivity contribution < 1.29 is 14.3 Å². The van der Waals surface area contributed by atoms with Gasteiger partial charge in [0.25, 0.3) is 0 Å². The number of hydrogen-bond acceptors (Lipinski definition) is 7. The van der Waals surface area contributed by atoms with Crippen LogP contribution in [-0.2, 0) is 17.6 Å². The van der Waals surface area contributed by atoms with Crippen molar-refractivity contribution in [1.82, 2.24) is 9.88 Å². The van der Waals surface area contributed by atoms with E-state index in [-0.39, 0.29) is 12.4 Å². The monoisotopic (exact) mass is 488 g/mol. The Bertz CT molecular complexity index is 1120. The van der Waals surface area contributed by atoms with Gasteiger partial charge in [0, 0.05) is 56.4 Å². The van der Waals surface area contributed by atoms with Crippen LogP contribution in [0.4, 0.5) is 17.2 Å². The predicted molar refractivity (Wildman–Crippen MR) is 145 cm³/mol. The molecule has 2 heterocycles. The number of methoxy groups -OCH3 is 2. The summed E-state index contributed by atoms with van der Waals surface area (Å²) in [7, 11) is 3.13. The Morgan fingerprint density at radius 3 is 2.33 bits per heavy atom. The van der Waals surface area contributed by atoms with Gasteiger partial charge in [-0.05, 0) is 79.0 Å². The molecule has 0 saturated carbocycles. The number of Topliss-reactive ketones (excluding diaryl/α,β-unsaturated/α-hetero) is 1. The standard InChI is InChI=1S/C29H36N4O3/c1-4-32-13-15-33(16-14-32)26-10-8-25(9-11-26)31-29-12-7-22(20-30-29)5-6-23-17-24(28(34)21-35-2)19-27(18-23)36-3/h7-12,17-20H,4-6,13-16,21H2,1-3H3,(H,30,31). The number of aryl methyl sites for hydroxylation is 2. The SMILES string of the molecule is CCN1CCN(c2ccc(Nc3ccc(CCc4cc(OC)cc(C(=O)COC)c4)cn3)cc2)CC1. The highest BCUT2D eigenvalue weighted by Gasteiger charge is 2.15. The second-order valence-corrected chi connectivity index (χ2v) is 9.07. The summed E-state index contributed by atoms with van der Waals surface area (Å²) in [6.07, 6.45) is 3.51. The molecule has 7 nitrogen and oxygen atoms in total. The molecule has 4 rings (SSSR count). The van der Waals surface area contributed by atoms with Gasteiger partial charge >= 0.3 is 0 Å². The van der Waals surface area contributed by atoms with Crippen molar-refractivity contribution in [3.05, 3.63) is 77.5 Å². The lowest BCUT2D eigenvalue weighted by atomic mass is 10.0. The third kappa shape index (κ3) is 6.83. The van der Waals surface area contributed by atoms with Crippen LogP contribution in [-0.4, -0.2) is 69.2 Å². The van der Waals surface area contributed by atoms with E-state index >= 15 is 0 Å². The normalized spacial score (nSPS) is 14.0. The molecular formula is C29H36N4O3. The highest BCUT2D eigenvalue weighted by molar-refractivity contribution is 5.97. The van der Waals surface area contributed by atoms with Gasteiger partial charge in [-0.1, -0.05) is 13.0 Å². The summed E-state index contributed by atoms with van der Waals surface area (Å²) in [4.78, 5) is 21.8. The second-order valence-electron chi connectivity index (χ2n) is 9.07. The maximum Gasteiger partial charge on any atom is 0.188 e. The molecule has 1 aliphatic rings. The summed E-state index contributed by atoms with van der Waals surface area (Å²) in [6.45, 7) is 7.80. The van der Waals surface area contributed by atoms with Gasteiger partial charge in [-0.25, -0.2) is 4.98 Å². The number of hydrogen-bond donors (Lipinski definition) is 1. The summed E-state index contributed by atoms with van der Waals surface area (Å²) in [5.41, 5.74) is 5.08. The Kier molecular flexibility index (Phi) is 8.92. The van der Waals surface area contributed by atoms with Crippen LogP contribution in [0.25, 0.3) is 0 Å². The molecule has 7 heteroatoms. The predicted octanol–water partition coefficient (Wildman–Crippen LogP) is 4.59. The molecule has 0 radical (unpaired) electrons. The van der Waals surface area contributed by atoms with Crippen molar-refractivity contribution in [2.24, 2.45) is 0 Å². The fourth-order valence-corrected chi connectivity index (χ4v) is 4.46. The summed E-state index contributed by atoms with van der Waals surface area (Å²) < 4.78 is 10.4. The number of aromatic nitrogens is 1. The van der Waals surface area contributed by atoms with E-state index in [0.29, 0.717) is 11.3 Å². The van der Waals surface area contributed by atoms with Crippen molar-refractivity contribution >= 4 is 23.0 Å². The van der Waals surface area contributed by atoms with Gasteiger partial charge in [0.15, 0.2) is 5.78 Å². The molecule has 36 heavy (non-hydrogen) atoms. The Morgan fingerprint density at radius 2 is 1.69 bits per heavy atom. The average molecular weight is 489 g/mol. The number of carbonyl (C=O) groups is 1. The van der Waals surface area contributed by atoms with Gasteiger partial charge in [-0.3, -0.25) is 4.79 Å². The van der Waals surface area contributed by atoms with Gasteiger partial charge in [0.05, 0.1) is 7.11 Å². The largest absolute Gasteiger partial charge is 0.497 e. The Balaban J connectivity index is 1.32. The van der Waals surface area contributed by atoms with Gasteiger partial charge in [0.2, 0.25) is 0 Å². The van der Waals surface area contributed by atoms with E-state index < -0.39 is 0 Å². The van der Waals surface area contributed by atoms with Gasteiger partial charge in [-0.15, -0.1) is 0 Å². The number of piperazine rings is 1. The Hall–Kier alpha value is -3.42. The van der Waals surface area contributed by atoms with Crippen LogP contribution in [0, 0.1) is 0 Å². The number of nitrogens with zero attached hydrogens (tertiary/aromatic N) is 3. The molecule has 2 aromatic carbocycles. The van der Waals surface area contributed by atoms with Crippen molar-refractivity contribution in [3.63, 3.8) is 0 Å². The maximum absolute atomic E-state index is 12.2. The second kappa shape index (κ2) is 12.5. The molecule has 190 valence electrons. The minimum Gasteiger partial charge on any atom is -0.497 e. The van der Waals surface area contributed by atoms with Crippen LogP contribution in [0.15, 0.2) is 60.8 Å². The molecule has 1 fully saturated rings. The van der Waals surface area contributed by atoms with Crippen molar-refractivity contribution in [2.75, 3.05) is 63.8 Å². The molecule has 0 amide bonds.